The van der Waals surface area contributed by atoms with Gasteiger partial charge in [0, 0.05) is 24.6 Å². The van der Waals surface area contributed by atoms with Crippen molar-refractivity contribution in [3.63, 3.8) is 0 Å². The smallest absolute Gasteiger partial charge is 0.264 e. The number of oxime groups is 1. The maximum atomic E-state index is 13.3. The van der Waals surface area contributed by atoms with Crippen molar-refractivity contribution >= 4 is 21.6 Å². The summed E-state index contributed by atoms with van der Waals surface area (Å²) in [5, 5.41) is 6.67. The Morgan fingerprint density at radius 3 is 2.57 bits per heavy atom. The molecule has 1 atom stereocenters. The Kier molecular flexibility index (Phi) is 6.84. The summed E-state index contributed by atoms with van der Waals surface area (Å²) >= 11 is 0. The number of carbonyl (C=O) groups excluding carboxylic acids is 1. The van der Waals surface area contributed by atoms with Gasteiger partial charge >= 0.3 is 0 Å². The average molecular weight is 434 g/mol. The Morgan fingerprint density at radius 2 is 1.90 bits per heavy atom. The molecule has 0 fully saturated rings. The maximum absolute atomic E-state index is 13.3. The first-order chi connectivity index (χ1) is 14.2. The molecular formula is C21H24FN3O4S. The van der Waals surface area contributed by atoms with Gasteiger partial charge in [0.1, 0.15) is 5.82 Å². The normalized spacial score (nSPS) is 16.3. The molecule has 0 saturated carbocycles. The molecule has 1 amide bonds. The van der Waals surface area contributed by atoms with E-state index in [1.165, 1.54) is 12.1 Å². The third-order valence-corrected chi connectivity index (χ3v) is 5.92. The molecule has 7 nitrogen and oxygen atoms in total. The van der Waals surface area contributed by atoms with E-state index in [4.69, 9.17) is 4.84 Å². The standard InChI is InChI=1S/C21H24FN3O4S/c1-14(2)25-30(27,28)13-16-8-6-15(7-9-16)12-23-21(26)20-11-19(24-29-20)17-4-3-5-18(22)10-17/h3-10,14,20,25H,11-13H2,1-2H3,(H,23,26). The zero-order valence-electron chi connectivity index (χ0n) is 16.8. The van der Waals surface area contributed by atoms with E-state index in [1.807, 2.05) is 0 Å². The third-order valence-electron chi connectivity index (χ3n) is 4.38. The van der Waals surface area contributed by atoms with Crippen LogP contribution in [0.1, 0.15) is 37.0 Å². The lowest BCUT2D eigenvalue weighted by Crippen LogP contribution is -2.34. The number of hydrogen-bond donors (Lipinski definition) is 2. The summed E-state index contributed by atoms with van der Waals surface area (Å²) in [5.74, 6) is -0.800. The van der Waals surface area contributed by atoms with Gasteiger partial charge in [-0.1, -0.05) is 41.6 Å². The highest BCUT2D eigenvalue weighted by Crippen LogP contribution is 2.18. The Bertz CT molecular complexity index is 1040. The number of nitrogens with one attached hydrogen (secondary N) is 2. The quantitative estimate of drug-likeness (QED) is 0.668. The van der Waals surface area contributed by atoms with Gasteiger partial charge in [-0.25, -0.2) is 17.5 Å². The molecule has 1 aliphatic rings. The molecule has 2 aromatic carbocycles. The minimum absolute atomic E-state index is 0.103. The van der Waals surface area contributed by atoms with Gasteiger partial charge in [-0.2, -0.15) is 0 Å². The minimum atomic E-state index is -3.39. The Morgan fingerprint density at radius 1 is 1.20 bits per heavy atom. The summed E-state index contributed by atoms with van der Waals surface area (Å²) in [6.07, 6.45) is -0.510. The number of hydrogen-bond acceptors (Lipinski definition) is 5. The molecule has 1 unspecified atom stereocenters. The molecule has 0 aromatic heterocycles. The van der Waals surface area contributed by atoms with Crippen molar-refractivity contribution in [2.24, 2.45) is 5.16 Å². The van der Waals surface area contributed by atoms with Crippen molar-refractivity contribution in [1.82, 2.24) is 10.0 Å². The maximum Gasteiger partial charge on any atom is 0.264 e. The van der Waals surface area contributed by atoms with Crippen LogP contribution in [0.3, 0.4) is 0 Å². The van der Waals surface area contributed by atoms with Crippen molar-refractivity contribution in [3.8, 4) is 0 Å². The fourth-order valence-electron chi connectivity index (χ4n) is 3.03. The second kappa shape index (κ2) is 9.36. The van der Waals surface area contributed by atoms with Crippen LogP contribution in [0.15, 0.2) is 53.7 Å². The fourth-order valence-corrected chi connectivity index (χ4v) is 4.47. The highest BCUT2D eigenvalue weighted by molar-refractivity contribution is 7.88. The van der Waals surface area contributed by atoms with Crippen LogP contribution in [0, 0.1) is 5.82 Å². The Hall–Kier alpha value is -2.78. The first kappa shape index (κ1) is 21.9. The van der Waals surface area contributed by atoms with Gasteiger partial charge in [-0.05, 0) is 37.1 Å². The van der Waals surface area contributed by atoms with Crippen LogP contribution in [0.4, 0.5) is 4.39 Å². The summed E-state index contributed by atoms with van der Waals surface area (Å²) in [6.45, 7) is 3.80. The number of halogens is 1. The molecule has 1 aliphatic heterocycles. The van der Waals surface area contributed by atoms with E-state index in [9.17, 15) is 17.6 Å². The van der Waals surface area contributed by atoms with E-state index in [0.717, 1.165) is 5.56 Å². The predicted molar refractivity (Wildman–Crippen MR) is 112 cm³/mol. The average Bonchev–Trinajstić information content (AvgIpc) is 3.16. The Balaban J connectivity index is 1.50. The van der Waals surface area contributed by atoms with Gasteiger partial charge < -0.3 is 10.2 Å². The molecule has 0 bridgehead atoms. The lowest BCUT2D eigenvalue weighted by Gasteiger charge is -2.11. The van der Waals surface area contributed by atoms with Crippen molar-refractivity contribution in [1.29, 1.82) is 0 Å². The second-order valence-corrected chi connectivity index (χ2v) is 9.17. The number of amides is 1. The van der Waals surface area contributed by atoms with Crippen molar-refractivity contribution in [3.05, 3.63) is 71.0 Å². The molecule has 0 aliphatic carbocycles. The second-order valence-electron chi connectivity index (χ2n) is 7.41. The zero-order chi connectivity index (χ0) is 21.7. The van der Waals surface area contributed by atoms with Gasteiger partial charge in [-0.15, -0.1) is 0 Å². The number of nitrogens with zero attached hydrogens (tertiary/aromatic N) is 1. The molecule has 0 saturated heterocycles. The molecule has 0 spiro atoms. The molecule has 9 heteroatoms. The Labute approximate surface area is 175 Å². The molecule has 2 N–H and O–H groups in total. The number of carbonyl (C=O) groups is 1. The highest BCUT2D eigenvalue weighted by Gasteiger charge is 2.28. The largest absolute Gasteiger partial charge is 0.382 e. The summed E-state index contributed by atoms with van der Waals surface area (Å²) < 4.78 is 39.9. The lowest BCUT2D eigenvalue weighted by atomic mass is 10.0. The summed E-state index contributed by atoms with van der Waals surface area (Å²) in [7, 11) is -3.39. The fraction of sp³-hybridized carbons (Fsp3) is 0.333. The zero-order valence-corrected chi connectivity index (χ0v) is 17.6. The van der Waals surface area contributed by atoms with Crippen LogP contribution in [0.5, 0.6) is 0 Å². The van der Waals surface area contributed by atoms with Crippen molar-refractivity contribution in [2.45, 2.75) is 44.7 Å². The van der Waals surface area contributed by atoms with Gasteiger partial charge in [-0.3, -0.25) is 4.79 Å². The number of sulfonamides is 1. The molecule has 2 aromatic rings. The van der Waals surface area contributed by atoms with Crippen LogP contribution >= 0.6 is 0 Å². The van der Waals surface area contributed by atoms with Gasteiger partial charge in [0.2, 0.25) is 16.1 Å². The van der Waals surface area contributed by atoms with E-state index in [-0.39, 0.29) is 36.5 Å². The molecule has 160 valence electrons. The molecule has 30 heavy (non-hydrogen) atoms. The van der Waals surface area contributed by atoms with E-state index >= 15 is 0 Å². The van der Waals surface area contributed by atoms with Crippen molar-refractivity contribution < 1.29 is 22.4 Å². The van der Waals surface area contributed by atoms with Crippen LogP contribution in [-0.4, -0.2) is 32.2 Å². The third kappa shape index (κ3) is 6.11. The van der Waals surface area contributed by atoms with Crippen LogP contribution in [0.25, 0.3) is 0 Å². The van der Waals surface area contributed by atoms with E-state index in [1.54, 1.807) is 50.2 Å². The predicted octanol–water partition coefficient (Wildman–Crippen LogP) is 2.46. The summed E-state index contributed by atoms with van der Waals surface area (Å²) in [5.41, 5.74) is 2.59. The minimum Gasteiger partial charge on any atom is -0.382 e. The summed E-state index contributed by atoms with van der Waals surface area (Å²) in [6, 6.07) is 12.8. The van der Waals surface area contributed by atoms with E-state index in [0.29, 0.717) is 16.8 Å². The number of benzene rings is 2. The SMILES string of the molecule is CC(C)NS(=O)(=O)Cc1ccc(CNC(=O)C2CC(c3cccc(F)c3)=NO2)cc1. The molecule has 1 heterocycles. The van der Waals surface area contributed by atoms with E-state index in [2.05, 4.69) is 15.2 Å². The molecule has 0 radical (unpaired) electrons. The highest BCUT2D eigenvalue weighted by atomic mass is 32.2. The first-order valence-electron chi connectivity index (χ1n) is 9.56. The van der Waals surface area contributed by atoms with Gasteiger partial charge in [0.05, 0.1) is 11.5 Å². The first-order valence-corrected chi connectivity index (χ1v) is 11.2. The molecular weight excluding hydrogens is 409 g/mol. The van der Waals surface area contributed by atoms with Crippen LogP contribution in [-0.2, 0) is 32.0 Å². The van der Waals surface area contributed by atoms with Crippen LogP contribution in [0.2, 0.25) is 0 Å². The number of rotatable bonds is 8. The molecule has 3 rings (SSSR count). The monoisotopic (exact) mass is 433 g/mol. The van der Waals surface area contributed by atoms with E-state index < -0.39 is 16.1 Å². The lowest BCUT2D eigenvalue weighted by molar-refractivity contribution is -0.131. The van der Waals surface area contributed by atoms with Crippen LogP contribution < -0.4 is 10.0 Å². The van der Waals surface area contributed by atoms with Gasteiger partial charge in [0.25, 0.3) is 5.91 Å². The van der Waals surface area contributed by atoms with Gasteiger partial charge in [0.15, 0.2) is 0 Å². The topological polar surface area (TPSA) is 96.9 Å². The van der Waals surface area contributed by atoms with Crippen molar-refractivity contribution in [2.75, 3.05) is 0 Å². The summed E-state index contributed by atoms with van der Waals surface area (Å²) in [4.78, 5) is 17.5.